The molecular formula is C11H16ClN3O3S. The first kappa shape index (κ1) is 15.9. The summed E-state index contributed by atoms with van der Waals surface area (Å²) < 4.78 is 25.8. The van der Waals surface area contributed by atoms with E-state index >= 15 is 0 Å². The van der Waals surface area contributed by atoms with Crippen molar-refractivity contribution >= 4 is 27.5 Å². The molecule has 0 aliphatic rings. The predicted molar refractivity (Wildman–Crippen MR) is 72.4 cm³/mol. The predicted octanol–water partition coefficient (Wildman–Crippen LogP) is 0.882. The van der Waals surface area contributed by atoms with E-state index in [4.69, 9.17) is 11.6 Å². The molecule has 19 heavy (non-hydrogen) atoms. The van der Waals surface area contributed by atoms with Crippen molar-refractivity contribution in [2.45, 2.75) is 18.2 Å². The maximum Gasteiger partial charge on any atom is 0.245 e. The van der Waals surface area contributed by atoms with Crippen LogP contribution in [-0.2, 0) is 14.8 Å². The van der Waals surface area contributed by atoms with Crippen LogP contribution < -0.4 is 5.32 Å². The van der Waals surface area contributed by atoms with Gasteiger partial charge in [0, 0.05) is 19.8 Å². The molecule has 0 atom stereocenters. The van der Waals surface area contributed by atoms with Crippen LogP contribution in [0, 0.1) is 0 Å². The summed E-state index contributed by atoms with van der Waals surface area (Å²) in [6.45, 7) is 1.89. The lowest BCUT2D eigenvalue weighted by Gasteiger charge is -2.20. The number of hydrogen-bond donors (Lipinski definition) is 1. The number of amides is 1. The molecule has 1 aromatic heterocycles. The Balaban J connectivity index is 3.05. The van der Waals surface area contributed by atoms with Gasteiger partial charge in [-0.25, -0.2) is 13.4 Å². The van der Waals surface area contributed by atoms with E-state index in [0.717, 1.165) is 4.31 Å². The molecule has 1 amide bonds. The highest BCUT2D eigenvalue weighted by molar-refractivity contribution is 7.89. The van der Waals surface area contributed by atoms with Gasteiger partial charge in [-0.05, 0) is 18.6 Å². The Kier molecular flexibility index (Phi) is 5.71. The van der Waals surface area contributed by atoms with Crippen molar-refractivity contribution in [1.82, 2.24) is 14.6 Å². The quantitative estimate of drug-likeness (QED) is 0.791. The fraction of sp³-hybridized carbons (Fsp3) is 0.455. The van der Waals surface area contributed by atoms with Crippen LogP contribution in [0.4, 0.5) is 0 Å². The molecule has 0 aromatic carbocycles. The fourth-order valence-corrected chi connectivity index (χ4v) is 2.98. The summed E-state index contributed by atoms with van der Waals surface area (Å²) in [6.07, 6.45) is 1.79. The number of hydrogen-bond acceptors (Lipinski definition) is 4. The first-order valence-electron chi connectivity index (χ1n) is 5.74. The molecule has 1 heterocycles. The molecule has 0 saturated heterocycles. The number of carbonyl (C=O) groups is 1. The molecule has 0 aliphatic carbocycles. The molecule has 0 radical (unpaired) electrons. The van der Waals surface area contributed by atoms with Gasteiger partial charge in [0.1, 0.15) is 10.0 Å². The van der Waals surface area contributed by atoms with Crippen molar-refractivity contribution in [3.8, 4) is 0 Å². The van der Waals surface area contributed by atoms with Crippen LogP contribution >= 0.6 is 11.6 Å². The summed E-state index contributed by atoms with van der Waals surface area (Å²) in [5, 5.41) is 2.62. The summed E-state index contributed by atoms with van der Waals surface area (Å²) >= 11 is 5.63. The largest absolute Gasteiger partial charge is 0.358 e. The molecule has 0 bridgehead atoms. The molecule has 0 saturated carbocycles. The molecule has 8 heteroatoms. The van der Waals surface area contributed by atoms with E-state index < -0.39 is 10.0 Å². The topological polar surface area (TPSA) is 79.4 Å². The lowest BCUT2D eigenvalue weighted by molar-refractivity contribution is -0.120. The summed E-state index contributed by atoms with van der Waals surface area (Å²) in [4.78, 5) is 15.1. The lowest BCUT2D eigenvalue weighted by atomic mass is 10.4. The van der Waals surface area contributed by atoms with Gasteiger partial charge in [-0.15, -0.1) is 0 Å². The van der Waals surface area contributed by atoms with E-state index in [2.05, 4.69) is 10.3 Å². The maximum atomic E-state index is 12.3. The highest BCUT2D eigenvalue weighted by Gasteiger charge is 2.25. The number of likely N-dealkylation sites (N-methyl/N-ethyl adjacent to an activating group) is 1. The molecular weight excluding hydrogens is 290 g/mol. The summed E-state index contributed by atoms with van der Waals surface area (Å²) in [6, 6.07) is 2.77. The minimum Gasteiger partial charge on any atom is -0.358 e. The Labute approximate surface area is 117 Å². The number of sulfonamides is 1. The number of nitrogens with one attached hydrogen (secondary N) is 1. The number of carbonyl (C=O) groups excluding carboxylic acids is 1. The first-order valence-corrected chi connectivity index (χ1v) is 7.56. The Morgan fingerprint density at radius 1 is 1.47 bits per heavy atom. The number of rotatable bonds is 6. The van der Waals surface area contributed by atoms with E-state index in [-0.39, 0.29) is 29.0 Å². The molecule has 0 aliphatic heterocycles. The highest BCUT2D eigenvalue weighted by Crippen LogP contribution is 2.16. The zero-order valence-corrected chi connectivity index (χ0v) is 12.3. The van der Waals surface area contributed by atoms with Gasteiger partial charge in [0.05, 0.1) is 6.54 Å². The minimum absolute atomic E-state index is 0.0225. The van der Waals surface area contributed by atoms with Crippen LogP contribution in [0.1, 0.15) is 13.3 Å². The number of pyridine rings is 1. The van der Waals surface area contributed by atoms with Crippen LogP contribution in [0.25, 0.3) is 0 Å². The third-order valence-electron chi connectivity index (χ3n) is 2.41. The number of nitrogens with zero attached hydrogens (tertiary/aromatic N) is 2. The monoisotopic (exact) mass is 305 g/mol. The standard InChI is InChI=1S/C11H16ClN3O3S/c1-3-6-15(8-11(16)13-2)19(17,18)9-4-5-10(12)14-7-9/h4-5,7H,3,6,8H2,1-2H3,(H,13,16). The van der Waals surface area contributed by atoms with Gasteiger partial charge >= 0.3 is 0 Å². The van der Waals surface area contributed by atoms with Crippen molar-refractivity contribution in [2.75, 3.05) is 20.1 Å². The number of halogens is 1. The zero-order valence-electron chi connectivity index (χ0n) is 10.8. The molecule has 1 aromatic rings. The molecule has 6 nitrogen and oxygen atoms in total. The zero-order chi connectivity index (χ0) is 14.5. The van der Waals surface area contributed by atoms with Crippen molar-refractivity contribution in [3.63, 3.8) is 0 Å². The van der Waals surface area contributed by atoms with Crippen molar-refractivity contribution in [3.05, 3.63) is 23.5 Å². The van der Waals surface area contributed by atoms with Crippen molar-refractivity contribution < 1.29 is 13.2 Å². The summed E-state index contributed by atoms with van der Waals surface area (Å²) in [5.74, 6) is -0.362. The Bertz CT molecular complexity index is 531. The van der Waals surface area contributed by atoms with E-state index in [1.54, 1.807) is 0 Å². The Morgan fingerprint density at radius 2 is 2.16 bits per heavy atom. The minimum atomic E-state index is -3.73. The van der Waals surface area contributed by atoms with Gasteiger partial charge in [0.15, 0.2) is 0 Å². The van der Waals surface area contributed by atoms with Crippen LogP contribution in [0.3, 0.4) is 0 Å². The van der Waals surface area contributed by atoms with Crippen LogP contribution in [-0.4, -0.2) is 43.8 Å². The third-order valence-corrected chi connectivity index (χ3v) is 4.46. The molecule has 0 unspecified atom stereocenters. The second-order valence-electron chi connectivity index (χ2n) is 3.83. The summed E-state index contributed by atoms with van der Waals surface area (Å²) in [5.41, 5.74) is 0. The Hall–Kier alpha value is -1.18. The molecule has 0 spiro atoms. The van der Waals surface area contributed by atoms with Gasteiger partial charge in [-0.3, -0.25) is 4.79 Å². The third kappa shape index (κ3) is 4.15. The molecule has 0 fully saturated rings. The van der Waals surface area contributed by atoms with E-state index in [0.29, 0.717) is 6.42 Å². The number of aromatic nitrogens is 1. The lowest BCUT2D eigenvalue weighted by Crippen LogP contribution is -2.40. The normalized spacial score (nSPS) is 11.6. The maximum absolute atomic E-state index is 12.3. The molecule has 106 valence electrons. The average molecular weight is 306 g/mol. The van der Waals surface area contributed by atoms with Crippen molar-refractivity contribution in [1.29, 1.82) is 0 Å². The molecule has 1 rings (SSSR count). The summed E-state index contributed by atoms with van der Waals surface area (Å²) in [7, 11) is -2.27. The SMILES string of the molecule is CCCN(CC(=O)NC)S(=O)(=O)c1ccc(Cl)nc1. The van der Waals surface area contributed by atoms with Gasteiger partial charge in [-0.1, -0.05) is 18.5 Å². The van der Waals surface area contributed by atoms with E-state index in [9.17, 15) is 13.2 Å². The van der Waals surface area contributed by atoms with Crippen LogP contribution in [0.2, 0.25) is 5.15 Å². The van der Waals surface area contributed by atoms with Crippen LogP contribution in [0.15, 0.2) is 23.2 Å². The fourth-order valence-electron chi connectivity index (χ4n) is 1.44. The second-order valence-corrected chi connectivity index (χ2v) is 6.15. The van der Waals surface area contributed by atoms with Gasteiger partial charge in [-0.2, -0.15) is 4.31 Å². The molecule has 1 N–H and O–H groups in total. The van der Waals surface area contributed by atoms with Crippen molar-refractivity contribution in [2.24, 2.45) is 0 Å². The van der Waals surface area contributed by atoms with Gasteiger partial charge in [0.2, 0.25) is 15.9 Å². The van der Waals surface area contributed by atoms with Gasteiger partial charge < -0.3 is 5.32 Å². The van der Waals surface area contributed by atoms with E-state index in [1.165, 1.54) is 25.4 Å². The second kappa shape index (κ2) is 6.83. The average Bonchev–Trinajstić information content (AvgIpc) is 2.38. The first-order chi connectivity index (χ1) is 8.91. The Morgan fingerprint density at radius 3 is 2.63 bits per heavy atom. The van der Waals surface area contributed by atoms with Gasteiger partial charge in [0.25, 0.3) is 0 Å². The highest BCUT2D eigenvalue weighted by atomic mass is 35.5. The van der Waals surface area contributed by atoms with Crippen LogP contribution in [0.5, 0.6) is 0 Å². The smallest absolute Gasteiger partial charge is 0.245 e. The van der Waals surface area contributed by atoms with E-state index in [1.807, 2.05) is 6.92 Å².